The summed E-state index contributed by atoms with van der Waals surface area (Å²) >= 11 is 0. The molecule has 0 atom stereocenters. The quantitative estimate of drug-likeness (QED) is 0.225. The summed E-state index contributed by atoms with van der Waals surface area (Å²) < 4.78 is 29.4. The molecule has 0 aromatic rings. The summed E-state index contributed by atoms with van der Waals surface area (Å²) in [6.07, 6.45) is 1.64. The Balaban J connectivity index is 0. The molecule has 7 nitrogen and oxygen atoms in total. The fourth-order valence-electron chi connectivity index (χ4n) is 1.51. The number of halogens is 1. The third-order valence-corrected chi connectivity index (χ3v) is 4.69. The van der Waals surface area contributed by atoms with E-state index in [9.17, 15) is 8.42 Å². The molecule has 0 aromatic heterocycles. The molecule has 0 aliphatic heterocycles. The zero-order chi connectivity index (χ0) is 15.4. The number of sulfonamides is 1. The Kier molecular flexibility index (Phi) is 14.9. The van der Waals surface area contributed by atoms with Gasteiger partial charge in [-0.3, -0.25) is 4.99 Å². The second-order valence-electron chi connectivity index (χ2n) is 4.35. The van der Waals surface area contributed by atoms with E-state index in [-0.39, 0.29) is 29.7 Å². The summed E-state index contributed by atoms with van der Waals surface area (Å²) in [5.41, 5.74) is 0. The Morgan fingerprint density at radius 2 is 1.81 bits per heavy atom. The SMILES string of the molecule is CCS(=O)(=O)N(C)CCCNC(=NC)NCCCOC.I. The van der Waals surface area contributed by atoms with Crippen LogP contribution < -0.4 is 10.6 Å². The second-order valence-corrected chi connectivity index (χ2v) is 6.71. The number of guanidine groups is 1. The van der Waals surface area contributed by atoms with Gasteiger partial charge in [0.1, 0.15) is 0 Å². The van der Waals surface area contributed by atoms with Crippen LogP contribution in [0.3, 0.4) is 0 Å². The number of hydrogen-bond donors (Lipinski definition) is 2. The topological polar surface area (TPSA) is 83.0 Å². The average Bonchev–Trinajstić information content (AvgIpc) is 2.45. The molecular formula is C12H29IN4O3S. The molecule has 0 spiro atoms. The zero-order valence-corrected chi connectivity index (χ0v) is 16.5. The molecule has 0 saturated carbocycles. The van der Waals surface area contributed by atoms with Crippen molar-refractivity contribution in [1.82, 2.24) is 14.9 Å². The number of ether oxygens (including phenoxy) is 1. The summed E-state index contributed by atoms with van der Waals surface area (Å²) in [5, 5.41) is 6.31. The highest BCUT2D eigenvalue weighted by Crippen LogP contribution is 1.98. The highest BCUT2D eigenvalue weighted by molar-refractivity contribution is 14.0. The molecule has 0 saturated heterocycles. The minimum atomic E-state index is -3.08. The van der Waals surface area contributed by atoms with E-state index in [4.69, 9.17) is 4.74 Å². The van der Waals surface area contributed by atoms with Crippen molar-refractivity contribution in [2.45, 2.75) is 19.8 Å². The lowest BCUT2D eigenvalue weighted by molar-refractivity contribution is 0.195. The van der Waals surface area contributed by atoms with Gasteiger partial charge < -0.3 is 15.4 Å². The highest BCUT2D eigenvalue weighted by Gasteiger charge is 2.13. The van der Waals surface area contributed by atoms with Crippen LogP contribution in [0.25, 0.3) is 0 Å². The summed E-state index contributed by atoms with van der Waals surface area (Å²) in [4.78, 5) is 4.09. The molecule has 0 rings (SSSR count). The number of methoxy groups -OCH3 is 1. The van der Waals surface area contributed by atoms with Crippen LogP contribution in [-0.2, 0) is 14.8 Å². The van der Waals surface area contributed by atoms with Crippen molar-refractivity contribution >= 4 is 40.0 Å². The van der Waals surface area contributed by atoms with E-state index in [0.717, 1.165) is 25.3 Å². The van der Waals surface area contributed by atoms with Gasteiger partial charge >= 0.3 is 0 Å². The predicted octanol–water partition coefficient (Wildman–Crippen LogP) is 0.478. The van der Waals surface area contributed by atoms with E-state index in [1.165, 1.54) is 4.31 Å². The largest absolute Gasteiger partial charge is 0.385 e. The van der Waals surface area contributed by atoms with Crippen molar-refractivity contribution in [3.63, 3.8) is 0 Å². The highest BCUT2D eigenvalue weighted by atomic mass is 127. The van der Waals surface area contributed by atoms with Gasteiger partial charge in [0.05, 0.1) is 5.75 Å². The molecule has 0 radical (unpaired) electrons. The Hall–Kier alpha value is -0.130. The van der Waals surface area contributed by atoms with Crippen LogP contribution in [0, 0.1) is 0 Å². The van der Waals surface area contributed by atoms with Crippen LogP contribution in [0.4, 0.5) is 0 Å². The first kappa shape index (κ1) is 23.1. The molecule has 0 unspecified atom stereocenters. The number of rotatable bonds is 10. The molecule has 21 heavy (non-hydrogen) atoms. The molecular weight excluding hydrogens is 407 g/mol. The first-order valence-corrected chi connectivity index (χ1v) is 8.46. The van der Waals surface area contributed by atoms with Crippen LogP contribution in [0.5, 0.6) is 0 Å². The van der Waals surface area contributed by atoms with E-state index in [1.807, 2.05) is 0 Å². The minimum Gasteiger partial charge on any atom is -0.385 e. The number of aliphatic imine (C=N–C) groups is 1. The van der Waals surface area contributed by atoms with Crippen LogP contribution >= 0.6 is 24.0 Å². The monoisotopic (exact) mass is 436 g/mol. The van der Waals surface area contributed by atoms with Gasteiger partial charge in [-0.1, -0.05) is 0 Å². The van der Waals surface area contributed by atoms with E-state index in [1.54, 1.807) is 28.1 Å². The maximum absolute atomic E-state index is 11.5. The van der Waals surface area contributed by atoms with E-state index < -0.39 is 10.0 Å². The molecule has 0 bridgehead atoms. The van der Waals surface area contributed by atoms with E-state index in [2.05, 4.69) is 15.6 Å². The van der Waals surface area contributed by atoms with Gasteiger partial charge in [-0.2, -0.15) is 0 Å². The average molecular weight is 436 g/mol. The summed E-state index contributed by atoms with van der Waals surface area (Å²) in [7, 11) is 1.91. The van der Waals surface area contributed by atoms with Crippen molar-refractivity contribution in [1.29, 1.82) is 0 Å². The Labute approximate surface area is 146 Å². The maximum Gasteiger partial charge on any atom is 0.213 e. The van der Waals surface area contributed by atoms with Crippen LogP contribution in [0.2, 0.25) is 0 Å². The van der Waals surface area contributed by atoms with Gasteiger partial charge in [-0.25, -0.2) is 12.7 Å². The number of nitrogens with zero attached hydrogens (tertiary/aromatic N) is 2. The second kappa shape index (κ2) is 13.5. The lowest BCUT2D eigenvalue weighted by Crippen LogP contribution is -2.39. The van der Waals surface area contributed by atoms with Gasteiger partial charge in [0, 0.05) is 47.4 Å². The Morgan fingerprint density at radius 3 is 2.29 bits per heavy atom. The van der Waals surface area contributed by atoms with E-state index >= 15 is 0 Å². The van der Waals surface area contributed by atoms with Crippen molar-refractivity contribution in [2.24, 2.45) is 4.99 Å². The predicted molar refractivity (Wildman–Crippen MR) is 98.0 cm³/mol. The van der Waals surface area contributed by atoms with Crippen LogP contribution in [-0.4, -0.2) is 71.9 Å². The number of nitrogens with one attached hydrogen (secondary N) is 2. The summed E-state index contributed by atoms with van der Waals surface area (Å²) in [6, 6.07) is 0. The van der Waals surface area contributed by atoms with Gasteiger partial charge in [-0.15, -0.1) is 24.0 Å². The van der Waals surface area contributed by atoms with Crippen LogP contribution in [0.1, 0.15) is 19.8 Å². The zero-order valence-electron chi connectivity index (χ0n) is 13.4. The molecule has 0 aromatic carbocycles. The van der Waals surface area contributed by atoms with Gasteiger partial charge in [0.2, 0.25) is 10.0 Å². The van der Waals surface area contributed by atoms with E-state index in [0.29, 0.717) is 19.7 Å². The third kappa shape index (κ3) is 11.1. The van der Waals surface area contributed by atoms with Gasteiger partial charge in [0.15, 0.2) is 5.96 Å². The summed E-state index contributed by atoms with van der Waals surface area (Å²) in [6.45, 7) is 4.33. The van der Waals surface area contributed by atoms with Gasteiger partial charge in [0.25, 0.3) is 0 Å². The fraction of sp³-hybridized carbons (Fsp3) is 0.917. The lowest BCUT2D eigenvalue weighted by Gasteiger charge is -2.16. The minimum absolute atomic E-state index is 0. The maximum atomic E-state index is 11.5. The number of hydrogen-bond acceptors (Lipinski definition) is 4. The Morgan fingerprint density at radius 1 is 1.24 bits per heavy atom. The normalized spacial score (nSPS) is 12.1. The Bertz CT molecular complexity index is 377. The van der Waals surface area contributed by atoms with Crippen molar-refractivity contribution < 1.29 is 13.2 Å². The molecule has 0 fully saturated rings. The third-order valence-electron chi connectivity index (χ3n) is 2.82. The molecule has 0 aliphatic carbocycles. The molecule has 0 aliphatic rings. The smallest absolute Gasteiger partial charge is 0.213 e. The molecule has 2 N–H and O–H groups in total. The standard InChI is InChI=1S/C12H28N4O3S.HI/c1-5-20(17,18)16(3)10-6-8-14-12(13-2)15-9-7-11-19-4;/h5-11H2,1-4H3,(H2,13,14,15);1H. The van der Waals surface area contributed by atoms with Crippen molar-refractivity contribution in [2.75, 3.05) is 53.2 Å². The first-order valence-electron chi connectivity index (χ1n) is 6.85. The molecule has 0 amide bonds. The van der Waals surface area contributed by atoms with Gasteiger partial charge in [-0.05, 0) is 19.8 Å². The van der Waals surface area contributed by atoms with Crippen molar-refractivity contribution in [3.05, 3.63) is 0 Å². The molecule has 0 heterocycles. The first-order chi connectivity index (χ1) is 9.47. The lowest BCUT2D eigenvalue weighted by atomic mass is 10.4. The van der Waals surface area contributed by atoms with Crippen molar-refractivity contribution in [3.8, 4) is 0 Å². The summed E-state index contributed by atoms with van der Waals surface area (Å²) in [5.74, 6) is 0.863. The fourth-order valence-corrected chi connectivity index (χ4v) is 2.36. The van der Waals surface area contributed by atoms with Crippen LogP contribution in [0.15, 0.2) is 4.99 Å². The molecule has 9 heteroatoms. The molecule has 128 valence electrons.